The molecule has 31 heavy (non-hydrogen) atoms. The summed E-state index contributed by atoms with van der Waals surface area (Å²) in [5.74, 6) is 0.355. The second kappa shape index (κ2) is 8.60. The van der Waals surface area contributed by atoms with Gasteiger partial charge in [-0.25, -0.2) is 5.43 Å². The molecule has 0 atom stereocenters. The summed E-state index contributed by atoms with van der Waals surface area (Å²) < 4.78 is 5.59. The lowest BCUT2D eigenvalue weighted by molar-refractivity contribution is -0.123. The molecule has 0 spiro atoms. The van der Waals surface area contributed by atoms with Gasteiger partial charge in [0.05, 0.1) is 6.21 Å². The van der Waals surface area contributed by atoms with Gasteiger partial charge in [-0.05, 0) is 50.7 Å². The molecule has 0 aliphatic rings. The first-order chi connectivity index (χ1) is 14.9. The number of rotatable bonds is 5. The number of hydrogen-bond donors (Lipinski definition) is 1. The number of nitrogens with zero attached hydrogens (tertiary/aromatic N) is 1. The average molecular weight is 411 g/mol. The molecule has 0 bridgehead atoms. The van der Waals surface area contributed by atoms with Crippen LogP contribution in [0.1, 0.15) is 31.9 Å². The molecule has 0 aliphatic carbocycles. The minimum Gasteiger partial charge on any atom is -0.484 e. The fourth-order valence-corrected chi connectivity index (χ4v) is 3.59. The van der Waals surface area contributed by atoms with Crippen LogP contribution < -0.4 is 10.2 Å². The summed E-state index contributed by atoms with van der Waals surface area (Å²) in [5, 5.41) is 8.65. The zero-order valence-electron chi connectivity index (χ0n) is 18.1. The molecular weight excluding hydrogens is 384 g/mol. The first-order valence-electron chi connectivity index (χ1n) is 10.4. The Bertz CT molecular complexity index is 1200. The van der Waals surface area contributed by atoms with E-state index >= 15 is 0 Å². The van der Waals surface area contributed by atoms with Gasteiger partial charge in [0.1, 0.15) is 5.75 Å². The van der Waals surface area contributed by atoms with Crippen molar-refractivity contribution >= 4 is 33.7 Å². The van der Waals surface area contributed by atoms with Crippen LogP contribution in [0.5, 0.6) is 5.75 Å². The van der Waals surface area contributed by atoms with Crippen LogP contribution in [0.25, 0.3) is 21.5 Å². The predicted octanol–water partition coefficient (Wildman–Crippen LogP) is 5.82. The molecule has 1 amide bonds. The number of hydrazone groups is 1. The largest absolute Gasteiger partial charge is 0.484 e. The molecular formula is C27H26N2O2. The van der Waals surface area contributed by atoms with Gasteiger partial charge < -0.3 is 4.74 Å². The maximum atomic E-state index is 12.2. The highest BCUT2D eigenvalue weighted by atomic mass is 16.5. The highest BCUT2D eigenvalue weighted by molar-refractivity contribution is 6.13. The second-order valence-electron chi connectivity index (χ2n) is 8.59. The van der Waals surface area contributed by atoms with Gasteiger partial charge in [0.25, 0.3) is 5.91 Å². The number of benzene rings is 4. The number of hydrogen-bond acceptors (Lipinski definition) is 3. The van der Waals surface area contributed by atoms with Crippen LogP contribution in [0.2, 0.25) is 0 Å². The number of nitrogens with one attached hydrogen (secondary N) is 1. The van der Waals surface area contributed by atoms with E-state index in [1.165, 1.54) is 5.56 Å². The molecule has 4 rings (SSSR count). The van der Waals surface area contributed by atoms with E-state index in [1.54, 1.807) is 6.21 Å². The van der Waals surface area contributed by atoms with Crippen molar-refractivity contribution in [3.8, 4) is 5.75 Å². The summed E-state index contributed by atoms with van der Waals surface area (Å²) in [5.41, 5.74) is 4.85. The van der Waals surface area contributed by atoms with Crippen LogP contribution in [-0.4, -0.2) is 18.7 Å². The molecule has 0 heterocycles. The normalized spacial score (nSPS) is 11.8. The molecule has 0 aliphatic heterocycles. The van der Waals surface area contributed by atoms with Gasteiger partial charge in [0, 0.05) is 5.56 Å². The molecule has 0 fully saturated rings. The number of carbonyl (C=O) groups excluding carboxylic acids is 1. The van der Waals surface area contributed by atoms with E-state index in [2.05, 4.69) is 61.6 Å². The highest BCUT2D eigenvalue weighted by Crippen LogP contribution is 2.27. The summed E-state index contributed by atoms with van der Waals surface area (Å²) in [4.78, 5) is 12.2. The van der Waals surface area contributed by atoms with E-state index in [0.29, 0.717) is 5.75 Å². The van der Waals surface area contributed by atoms with Gasteiger partial charge in [-0.1, -0.05) is 81.4 Å². The Kier molecular flexibility index (Phi) is 5.72. The third-order valence-electron chi connectivity index (χ3n) is 5.29. The minimum absolute atomic E-state index is 0.0798. The van der Waals surface area contributed by atoms with Crippen LogP contribution in [-0.2, 0) is 10.2 Å². The Morgan fingerprint density at radius 2 is 1.48 bits per heavy atom. The van der Waals surface area contributed by atoms with Crippen molar-refractivity contribution in [2.24, 2.45) is 5.10 Å². The van der Waals surface area contributed by atoms with Crippen molar-refractivity contribution < 1.29 is 9.53 Å². The van der Waals surface area contributed by atoms with Gasteiger partial charge >= 0.3 is 0 Å². The van der Waals surface area contributed by atoms with Crippen LogP contribution in [0.3, 0.4) is 0 Å². The standard InChI is InChI=1S/C27H26N2O2/c1-27(2,3)21-12-14-22(15-13-21)31-18-26(30)29-28-17-25-23-10-6-4-8-19(23)16-20-9-5-7-11-24(20)25/h4-17H,18H2,1-3H3,(H,29,30)/b28-17-. The van der Waals surface area contributed by atoms with Gasteiger partial charge in [-0.2, -0.15) is 5.10 Å². The molecule has 4 nitrogen and oxygen atoms in total. The molecule has 4 aromatic carbocycles. The number of fused-ring (bicyclic) bond motifs is 2. The van der Waals surface area contributed by atoms with Gasteiger partial charge in [-0.15, -0.1) is 0 Å². The van der Waals surface area contributed by atoms with Crippen LogP contribution in [0.4, 0.5) is 0 Å². The van der Waals surface area contributed by atoms with E-state index < -0.39 is 0 Å². The Balaban J connectivity index is 1.45. The van der Waals surface area contributed by atoms with Gasteiger partial charge in [-0.3, -0.25) is 4.79 Å². The third-order valence-corrected chi connectivity index (χ3v) is 5.29. The summed E-state index contributed by atoms with van der Waals surface area (Å²) >= 11 is 0. The maximum absolute atomic E-state index is 12.2. The lowest BCUT2D eigenvalue weighted by Gasteiger charge is -2.19. The Morgan fingerprint density at radius 3 is 2.06 bits per heavy atom. The maximum Gasteiger partial charge on any atom is 0.277 e. The zero-order chi connectivity index (χ0) is 21.8. The first-order valence-corrected chi connectivity index (χ1v) is 10.4. The molecule has 0 unspecified atom stereocenters. The molecule has 0 aromatic heterocycles. The van der Waals surface area contributed by atoms with Crippen molar-refractivity contribution in [1.82, 2.24) is 5.43 Å². The predicted molar refractivity (Wildman–Crippen MR) is 128 cm³/mol. The monoisotopic (exact) mass is 410 g/mol. The minimum atomic E-state index is -0.305. The average Bonchev–Trinajstić information content (AvgIpc) is 2.77. The van der Waals surface area contributed by atoms with Crippen molar-refractivity contribution in [3.63, 3.8) is 0 Å². The van der Waals surface area contributed by atoms with E-state index in [-0.39, 0.29) is 17.9 Å². The van der Waals surface area contributed by atoms with E-state index in [9.17, 15) is 4.79 Å². The molecule has 0 saturated carbocycles. The van der Waals surface area contributed by atoms with Crippen LogP contribution in [0.15, 0.2) is 84.0 Å². The van der Waals surface area contributed by atoms with Gasteiger partial charge in [0.15, 0.2) is 6.61 Å². The summed E-state index contributed by atoms with van der Waals surface area (Å²) in [7, 11) is 0. The lowest BCUT2D eigenvalue weighted by Crippen LogP contribution is -2.24. The van der Waals surface area contributed by atoms with Gasteiger partial charge in [0.2, 0.25) is 0 Å². The van der Waals surface area contributed by atoms with Crippen molar-refractivity contribution in [3.05, 3.63) is 90.0 Å². The lowest BCUT2D eigenvalue weighted by atomic mass is 9.87. The fraction of sp³-hybridized carbons (Fsp3) is 0.185. The van der Waals surface area contributed by atoms with Crippen molar-refractivity contribution in [2.75, 3.05) is 6.61 Å². The first kappa shape index (κ1) is 20.6. The molecule has 156 valence electrons. The zero-order valence-corrected chi connectivity index (χ0v) is 18.1. The molecule has 0 radical (unpaired) electrons. The molecule has 4 aromatic rings. The Morgan fingerprint density at radius 1 is 0.903 bits per heavy atom. The van der Waals surface area contributed by atoms with E-state index in [4.69, 9.17) is 4.74 Å². The van der Waals surface area contributed by atoms with Crippen LogP contribution >= 0.6 is 0 Å². The summed E-state index contributed by atoms with van der Waals surface area (Å²) in [6.07, 6.45) is 1.71. The molecule has 1 N–H and O–H groups in total. The second-order valence-corrected chi connectivity index (χ2v) is 8.59. The smallest absolute Gasteiger partial charge is 0.277 e. The highest BCUT2D eigenvalue weighted by Gasteiger charge is 2.13. The quantitative estimate of drug-likeness (QED) is 0.256. The van der Waals surface area contributed by atoms with Crippen LogP contribution in [0, 0.1) is 0 Å². The third kappa shape index (κ3) is 4.75. The number of ether oxygens (including phenoxy) is 1. The SMILES string of the molecule is CC(C)(C)c1ccc(OCC(=O)N/N=C\c2c3ccccc3cc3ccccc23)cc1. The Labute approximate surface area is 182 Å². The number of amides is 1. The molecule has 4 heteroatoms. The van der Waals surface area contributed by atoms with Crippen molar-refractivity contribution in [1.29, 1.82) is 0 Å². The number of carbonyl (C=O) groups is 1. The van der Waals surface area contributed by atoms with E-state index in [0.717, 1.165) is 27.1 Å². The fourth-order valence-electron chi connectivity index (χ4n) is 3.59. The Hall–Kier alpha value is -3.66. The topological polar surface area (TPSA) is 50.7 Å². The molecule has 0 saturated heterocycles. The van der Waals surface area contributed by atoms with Crippen molar-refractivity contribution in [2.45, 2.75) is 26.2 Å². The van der Waals surface area contributed by atoms with E-state index in [1.807, 2.05) is 48.5 Å². The summed E-state index contributed by atoms with van der Waals surface area (Å²) in [6, 6.07) is 26.3. The summed E-state index contributed by atoms with van der Waals surface area (Å²) in [6.45, 7) is 6.39.